The van der Waals surface area contributed by atoms with Crippen LogP contribution in [0.5, 0.6) is 23.0 Å². The lowest BCUT2D eigenvalue weighted by atomic mass is 9.77. The number of ether oxygens (including phenoxy) is 2. The number of aliphatic carboxylic acids is 1. The summed E-state index contributed by atoms with van der Waals surface area (Å²) in [5.41, 5.74) is -0.384. The van der Waals surface area contributed by atoms with Gasteiger partial charge in [-0.3, -0.25) is 28.8 Å². The van der Waals surface area contributed by atoms with Crippen molar-refractivity contribution in [3.05, 3.63) is 76.9 Å². The molecule has 20 heteroatoms. The maximum absolute atomic E-state index is 13.6. The van der Waals surface area contributed by atoms with E-state index in [1.807, 2.05) is 0 Å². The van der Waals surface area contributed by atoms with Crippen molar-refractivity contribution < 1.29 is 67.9 Å². The molecular weight excluding hydrogens is 770 g/mol. The third-order valence-electron chi connectivity index (χ3n) is 9.05. The Kier molecular flexibility index (Phi) is 11.4. The number of aldehydes is 1. The fraction of sp³-hybridized carbons (Fsp3) is 0.270. The van der Waals surface area contributed by atoms with Crippen LogP contribution in [0.2, 0.25) is 0 Å². The van der Waals surface area contributed by atoms with Gasteiger partial charge < -0.3 is 50.9 Å². The van der Waals surface area contributed by atoms with Gasteiger partial charge in [0, 0.05) is 53.8 Å². The first-order valence-corrected chi connectivity index (χ1v) is 18.2. The van der Waals surface area contributed by atoms with Crippen molar-refractivity contribution in [2.75, 3.05) is 30.3 Å². The van der Waals surface area contributed by atoms with Crippen LogP contribution in [0.25, 0.3) is 0 Å². The number of anilines is 1. The summed E-state index contributed by atoms with van der Waals surface area (Å²) >= 11 is 0.814. The zero-order valence-electron chi connectivity index (χ0n) is 29.6. The molecule has 3 aromatic rings. The van der Waals surface area contributed by atoms with Crippen LogP contribution < -0.4 is 30.9 Å². The largest absolute Gasteiger partial charge is 0.508 e. The molecule has 0 bridgehead atoms. The Hall–Kier alpha value is -6.96. The van der Waals surface area contributed by atoms with Crippen LogP contribution in [-0.2, 0) is 48.7 Å². The number of carbonyl (C=O) groups excluding carboxylic acids is 8. The molecule has 1 fully saturated rings. The number of imide groups is 1. The van der Waals surface area contributed by atoms with E-state index in [0.717, 1.165) is 16.7 Å². The number of phenolic OH excluding ortho intramolecular Hbond substituents is 2. The van der Waals surface area contributed by atoms with E-state index in [1.165, 1.54) is 54.6 Å². The summed E-state index contributed by atoms with van der Waals surface area (Å²) in [5, 5.41) is 37.9. The highest BCUT2D eigenvalue weighted by Crippen LogP contribution is 2.57. The molecule has 6 rings (SSSR count). The number of carbonyl (C=O) groups is 9. The number of benzene rings is 3. The predicted molar refractivity (Wildman–Crippen MR) is 195 cm³/mol. The third kappa shape index (κ3) is 8.20. The van der Waals surface area contributed by atoms with Crippen molar-refractivity contribution in [1.82, 2.24) is 21.3 Å². The Morgan fingerprint density at radius 1 is 0.825 bits per heavy atom. The summed E-state index contributed by atoms with van der Waals surface area (Å²) in [5.74, 6) is -6.74. The highest BCUT2D eigenvalue weighted by atomic mass is 32.2. The Morgan fingerprint density at radius 2 is 1.40 bits per heavy atom. The minimum absolute atomic E-state index is 0.0123. The summed E-state index contributed by atoms with van der Waals surface area (Å²) < 4.78 is 12.0. The second kappa shape index (κ2) is 16.4. The normalized spacial score (nSPS) is 16.3. The molecule has 2 atom stereocenters. The lowest BCUT2D eigenvalue weighted by Gasteiger charge is -2.36. The molecule has 6 amide bonds. The Labute approximate surface area is 326 Å². The van der Waals surface area contributed by atoms with E-state index in [9.17, 15) is 58.5 Å². The van der Waals surface area contributed by atoms with Gasteiger partial charge in [0.15, 0.2) is 5.60 Å². The minimum Gasteiger partial charge on any atom is -0.508 e. The van der Waals surface area contributed by atoms with Gasteiger partial charge in [-0.1, -0.05) is 6.07 Å². The van der Waals surface area contributed by atoms with E-state index in [0.29, 0.717) is 23.0 Å². The quantitative estimate of drug-likeness (QED) is 0.0602. The van der Waals surface area contributed by atoms with Crippen molar-refractivity contribution in [3.8, 4) is 23.0 Å². The zero-order valence-corrected chi connectivity index (χ0v) is 30.4. The van der Waals surface area contributed by atoms with Crippen molar-refractivity contribution in [2.24, 2.45) is 0 Å². The number of aromatic hydroxyl groups is 2. The van der Waals surface area contributed by atoms with E-state index in [2.05, 4.69) is 21.3 Å². The van der Waals surface area contributed by atoms with Gasteiger partial charge in [-0.05, 0) is 36.4 Å². The van der Waals surface area contributed by atoms with Crippen molar-refractivity contribution in [2.45, 2.75) is 36.2 Å². The fourth-order valence-corrected chi connectivity index (χ4v) is 7.57. The number of fused-ring (bicyclic) bond motifs is 6. The number of thioether (sulfide) groups is 1. The molecule has 0 saturated carbocycles. The third-order valence-corrected chi connectivity index (χ3v) is 10.3. The number of phenols is 2. The van der Waals surface area contributed by atoms with Crippen molar-refractivity contribution in [1.29, 1.82) is 0 Å². The van der Waals surface area contributed by atoms with Crippen LogP contribution in [-0.4, -0.2) is 106 Å². The van der Waals surface area contributed by atoms with Crippen LogP contribution in [0, 0.1) is 0 Å². The van der Waals surface area contributed by atoms with Gasteiger partial charge in [-0.2, -0.15) is 0 Å². The second-order valence-corrected chi connectivity index (χ2v) is 14.1. The van der Waals surface area contributed by atoms with Gasteiger partial charge >= 0.3 is 11.9 Å². The van der Waals surface area contributed by atoms with Crippen LogP contribution >= 0.6 is 11.8 Å². The fourth-order valence-electron chi connectivity index (χ4n) is 6.41. The lowest BCUT2D eigenvalue weighted by molar-refractivity contribution is -0.141. The molecule has 3 heterocycles. The summed E-state index contributed by atoms with van der Waals surface area (Å²) in [6, 6.07) is 11.3. The minimum atomic E-state index is -1.57. The molecule has 0 radical (unpaired) electrons. The van der Waals surface area contributed by atoms with E-state index in [1.54, 1.807) is 0 Å². The summed E-state index contributed by atoms with van der Waals surface area (Å²) in [7, 11) is 0. The van der Waals surface area contributed by atoms with Crippen LogP contribution in [0.4, 0.5) is 5.69 Å². The number of hydrogen-bond donors (Lipinski definition) is 7. The second-order valence-electron chi connectivity index (χ2n) is 12.9. The summed E-state index contributed by atoms with van der Waals surface area (Å²) in [6.45, 7) is -1.65. The standard InChI is InChI=1S/C37H33N5O14S/c43-9-1-2-29(46)38-14-30(47)39-15-31(48)40-16-32(49)41-25(35(52)53)17-57-28-13-33(50)42(34(28)51)18-3-6-22-21(10-18)36(54)56-37(22)23-7-4-19(44)11-26(23)55-27-12-20(45)5-8-24(27)37/h3-12,25,28,44-45H,1-2,13-17H2,(H,38,46)(H,39,47)(H,40,48)(H,41,49)(H,52,53). The maximum atomic E-state index is 13.6. The molecule has 0 aromatic heterocycles. The number of nitrogens with one attached hydrogen (secondary N) is 4. The smallest absolute Gasteiger partial charge is 0.340 e. The van der Waals surface area contributed by atoms with Crippen molar-refractivity contribution >= 4 is 71.1 Å². The van der Waals surface area contributed by atoms with E-state index < -0.39 is 83.9 Å². The van der Waals surface area contributed by atoms with Gasteiger partial charge in [0.1, 0.15) is 35.3 Å². The van der Waals surface area contributed by atoms with Gasteiger partial charge in [-0.15, -0.1) is 11.8 Å². The highest BCUT2D eigenvalue weighted by molar-refractivity contribution is 8.00. The monoisotopic (exact) mass is 803 g/mol. The molecule has 0 aliphatic carbocycles. The Bertz CT molecular complexity index is 2180. The number of esters is 1. The van der Waals surface area contributed by atoms with E-state index in [-0.39, 0.29) is 59.3 Å². The molecule has 2 unspecified atom stereocenters. The first-order chi connectivity index (χ1) is 27.2. The highest BCUT2D eigenvalue weighted by Gasteiger charge is 2.54. The van der Waals surface area contributed by atoms with E-state index >= 15 is 0 Å². The molecule has 3 aromatic carbocycles. The average Bonchev–Trinajstić information content (AvgIpc) is 3.62. The summed E-state index contributed by atoms with van der Waals surface area (Å²) in [4.78, 5) is 111. The van der Waals surface area contributed by atoms with Crippen LogP contribution in [0.15, 0.2) is 54.6 Å². The number of carboxylic acids is 1. The zero-order chi connectivity index (χ0) is 41.0. The van der Waals surface area contributed by atoms with Gasteiger partial charge in [0.2, 0.25) is 35.4 Å². The number of hydrogen-bond acceptors (Lipinski definition) is 14. The van der Waals surface area contributed by atoms with E-state index in [4.69, 9.17) is 9.47 Å². The molecule has 57 heavy (non-hydrogen) atoms. The average molecular weight is 804 g/mol. The molecule has 1 spiro atoms. The predicted octanol–water partition coefficient (Wildman–Crippen LogP) is -0.0720. The van der Waals surface area contributed by atoms with Crippen LogP contribution in [0.3, 0.4) is 0 Å². The number of amides is 6. The van der Waals surface area contributed by atoms with Gasteiger partial charge in [0.05, 0.1) is 36.1 Å². The molecule has 7 N–H and O–H groups in total. The Morgan fingerprint density at radius 3 is 2.00 bits per heavy atom. The SMILES string of the molecule is O=CCCC(=O)NCC(=O)NCC(=O)NCC(=O)NC(CSC1CC(=O)N(c2ccc3c(c2)C(=O)OC32c3ccc(O)cc3Oc3cc(O)ccc32)C1=O)C(=O)O. The number of rotatable bonds is 15. The number of nitrogens with zero attached hydrogens (tertiary/aromatic N) is 1. The lowest BCUT2D eigenvalue weighted by Crippen LogP contribution is -2.48. The first kappa shape index (κ1) is 39.7. The molecule has 19 nitrogen and oxygen atoms in total. The molecule has 1 saturated heterocycles. The Balaban J connectivity index is 1.07. The maximum Gasteiger partial charge on any atom is 0.340 e. The van der Waals surface area contributed by atoms with Gasteiger partial charge in [0.25, 0.3) is 0 Å². The topological polar surface area (TPSA) is 284 Å². The molecular formula is C37H33N5O14S. The number of carboxylic acid groups (broad SMARTS) is 1. The molecule has 3 aliphatic heterocycles. The molecule has 296 valence electrons. The van der Waals surface area contributed by atoms with Crippen molar-refractivity contribution in [3.63, 3.8) is 0 Å². The first-order valence-electron chi connectivity index (χ1n) is 17.2. The van der Waals surface area contributed by atoms with Gasteiger partial charge in [-0.25, -0.2) is 14.5 Å². The molecule has 3 aliphatic rings. The van der Waals surface area contributed by atoms with Crippen LogP contribution in [0.1, 0.15) is 46.3 Å². The summed E-state index contributed by atoms with van der Waals surface area (Å²) in [6.07, 6.45) is 0.123.